The first kappa shape index (κ1) is 21.3. The van der Waals surface area contributed by atoms with Crippen LogP contribution in [0, 0.1) is 0 Å². The van der Waals surface area contributed by atoms with E-state index in [9.17, 15) is 9.59 Å². The minimum Gasteiger partial charge on any atom is -0.383 e. The van der Waals surface area contributed by atoms with Gasteiger partial charge in [0.15, 0.2) is 10.8 Å². The van der Waals surface area contributed by atoms with Gasteiger partial charge in [-0.05, 0) is 29.8 Å². The summed E-state index contributed by atoms with van der Waals surface area (Å²) < 4.78 is 1.35. The number of nitrogens with one attached hydrogen (secondary N) is 2. The molecule has 1 aromatic heterocycles. The van der Waals surface area contributed by atoms with E-state index in [0.29, 0.717) is 18.2 Å². The van der Waals surface area contributed by atoms with E-state index in [4.69, 9.17) is 18.0 Å². The molecular weight excluding hydrogens is 398 g/mol. The molecule has 1 heterocycles. The van der Waals surface area contributed by atoms with Gasteiger partial charge in [-0.2, -0.15) is 0 Å². The zero-order valence-corrected chi connectivity index (χ0v) is 17.6. The quantitative estimate of drug-likeness (QED) is 0.505. The van der Waals surface area contributed by atoms with Crippen molar-refractivity contribution in [2.45, 2.75) is 26.4 Å². The zero-order valence-electron chi connectivity index (χ0n) is 16.8. The van der Waals surface area contributed by atoms with Crippen LogP contribution >= 0.6 is 12.2 Å². The van der Waals surface area contributed by atoms with Crippen LogP contribution in [0.15, 0.2) is 70.3 Å². The molecule has 0 atom stereocenters. The molecule has 3 aromatic rings. The minimum absolute atomic E-state index is 0.0733. The maximum absolute atomic E-state index is 12.8. The third-order valence-electron chi connectivity index (χ3n) is 4.62. The van der Waals surface area contributed by atoms with Gasteiger partial charge in [-0.15, -0.1) is 0 Å². The predicted molar refractivity (Wildman–Crippen MR) is 125 cm³/mol. The molecule has 0 saturated heterocycles. The Kier molecular flexibility index (Phi) is 7.03. The third-order valence-corrected chi connectivity index (χ3v) is 4.99. The van der Waals surface area contributed by atoms with Crippen LogP contribution in [0.4, 0.5) is 11.5 Å². The lowest BCUT2D eigenvalue weighted by Crippen LogP contribution is -2.45. The van der Waals surface area contributed by atoms with Crippen LogP contribution in [-0.4, -0.2) is 21.2 Å². The van der Waals surface area contributed by atoms with Crippen molar-refractivity contribution in [2.24, 2.45) is 0 Å². The second-order valence-electron chi connectivity index (χ2n) is 6.87. The van der Waals surface area contributed by atoms with E-state index in [1.807, 2.05) is 67.6 Å². The molecule has 156 valence electrons. The molecule has 0 aliphatic carbocycles. The number of nitrogen functional groups attached to an aromatic ring is 1. The molecule has 0 spiro atoms. The van der Waals surface area contributed by atoms with E-state index in [0.717, 1.165) is 17.5 Å². The van der Waals surface area contributed by atoms with Crippen molar-refractivity contribution in [2.75, 3.05) is 17.2 Å². The second kappa shape index (κ2) is 9.89. The minimum atomic E-state index is -0.571. The molecule has 2 aromatic carbocycles. The Labute approximate surface area is 180 Å². The fraction of sp³-hybridized carbons (Fsp3) is 0.227. The van der Waals surface area contributed by atoms with Gasteiger partial charge in [0, 0.05) is 6.54 Å². The van der Waals surface area contributed by atoms with E-state index in [1.54, 1.807) is 4.90 Å². The van der Waals surface area contributed by atoms with Gasteiger partial charge in [0.2, 0.25) is 0 Å². The van der Waals surface area contributed by atoms with Crippen molar-refractivity contribution in [3.8, 4) is 0 Å². The summed E-state index contributed by atoms with van der Waals surface area (Å²) in [5.74, 6) is 0.0733. The molecule has 0 aliphatic rings. The van der Waals surface area contributed by atoms with Gasteiger partial charge in [-0.1, -0.05) is 67.6 Å². The molecular formula is C22H25N5O2S. The van der Waals surface area contributed by atoms with E-state index in [-0.39, 0.29) is 18.1 Å². The van der Waals surface area contributed by atoms with Crippen LogP contribution in [-0.2, 0) is 13.1 Å². The number of aromatic nitrogens is 2. The lowest BCUT2D eigenvalue weighted by molar-refractivity contribution is 0.728. The van der Waals surface area contributed by atoms with Gasteiger partial charge in [0.1, 0.15) is 5.82 Å². The lowest BCUT2D eigenvalue weighted by Gasteiger charge is -2.27. The standard InChI is InChI=1S/C22H25N5O2S/c1-2-13-24-22(30)26(14-16-9-5-3-6-10-16)18-19(23)27(21(29)25-20(18)28)15-17-11-7-4-8-12-17/h3-12H,2,13-15,23H2,1H3,(H,24,30)(H,25,28,29). The molecule has 0 fully saturated rings. The summed E-state index contributed by atoms with van der Waals surface area (Å²) in [5.41, 5.74) is 7.24. The Morgan fingerprint density at radius 1 is 1.07 bits per heavy atom. The van der Waals surface area contributed by atoms with Gasteiger partial charge < -0.3 is 16.0 Å². The summed E-state index contributed by atoms with van der Waals surface area (Å²) in [6, 6.07) is 19.1. The van der Waals surface area contributed by atoms with Crippen molar-refractivity contribution in [1.29, 1.82) is 0 Å². The van der Waals surface area contributed by atoms with Crippen LogP contribution in [0.1, 0.15) is 24.5 Å². The van der Waals surface area contributed by atoms with Gasteiger partial charge in [0.25, 0.3) is 5.56 Å². The monoisotopic (exact) mass is 423 g/mol. The highest BCUT2D eigenvalue weighted by atomic mass is 32.1. The van der Waals surface area contributed by atoms with Crippen molar-refractivity contribution < 1.29 is 0 Å². The molecule has 30 heavy (non-hydrogen) atoms. The molecule has 0 unspecified atom stereocenters. The number of nitrogens with two attached hydrogens (primary N) is 1. The van der Waals surface area contributed by atoms with Crippen molar-refractivity contribution >= 4 is 28.8 Å². The average Bonchev–Trinajstić information content (AvgIpc) is 2.75. The number of H-pyrrole nitrogens is 1. The van der Waals surface area contributed by atoms with E-state index >= 15 is 0 Å². The number of hydrogen-bond donors (Lipinski definition) is 3. The SMILES string of the molecule is CCCNC(=S)N(Cc1ccccc1)c1c(N)n(Cc2ccccc2)c(=O)[nH]c1=O. The predicted octanol–water partition coefficient (Wildman–Crippen LogP) is 2.46. The number of anilines is 2. The number of aromatic amines is 1. The largest absolute Gasteiger partial charge is 0.383 e. The summed E-state index contributed by atoms with van der Waals surface area (Å²) in [5, 5.41) is 3.53. The Hall–Kier alpha value is -3.39. The van der Waals surface area contributed by atoms with Crippen molar-refractivity contribution in [3.63, 3.8) is 0 Å². The molecule has 0 bridgehead atoms. The summed E-state index contributed by atoms with van der Waals surface area (Å²) in [7, 11) is 0. The molecule has 8 heteroatoms. The van der Waals surface area contributed by atoms with E-state index < -0.39 is 11.2 Å². The van der Waals surface area contributed by atoms with Crippen LogP contribution in [0.5, 0.6) is 0 Å². The molecule has 0 aliphatic heterocycles. The average molecular weight is 424 g/mol. The zero-order chi connectivity index (χ0) is 21.5. The smallest absolute Gasteiger partial charge is 0.330 e. The van der Waals surface area contributed by atoms with Crippen LogP contribution in [0.3, 0.4) is 0 Å². The highest BCUT2D eigenvalue weighted by Gasteiger charge is 2.22. The second-order valence-corrected chi connectivity index (χ2v) is 7.26. The topological polar surface area (TPSA) is 96.2 Å². The highest BCUT2D eigenvalue weighted by Crippen LogP contribution is 2.20. The molecule has 0 amide bonds. The van der Waals surface area contributed by atoms with Gasteiger partial charge >= 0.3 is 5.69 Å². The normalized spacial score (nSPS) is 10.6. The van der Waals surface area contributed by atoms with E-state index in [1.165, 1.54) is 4.57 Å². The first-order valence-corrected chi connectivity index (χ1v) is 10.2. The third kappa shape index (κ3) is 4.96. The van der Waals surface area contributed by atoms with E-state index in [2.05, 4.69) is 10.3 Å². The Morgan fingerprint density at radius 2 is 1.67 bits per heavy atom. The van der Waals surface area contributed by atoms with Crippen LogP contribution < -0.4 is 27.2 Å². The highest BCUT2D eigenvalue weighted by molar-refractivity contribution is 7.80. The van der Waals surface area contributed by atoms with Crippen LogP contribution in [0.2, 0.25) is 0 Å². The van der Waals surface area contributed by atoms with Gasteiger partial charge in [-0.3, -0.25) is 14.3 Å². The molecule has 0 radical (unpaired) electrons. The fourth-order valence-electron chi connectivity index (χ4n) is 3.11. The number of nitrogens with zero attached hydrogens (tertiary/aromatic N) is 2. The number of rotatable bonds is 7. The maximum atomic E-state index is 12.8. The number of hydrogen-bond acceptors (Lipinski definition) is 4. The lowest BCUT2D eigenvalue weighted by atomic mass is 10.2. The summed E-state index contributed by atoms with van der Waals surface area (Å²) >= 11 is 5.57. The van der Waals surface area contributed by atoms with Gasteiger partial charge in [0.05, 0.1) is 13.1 Å². The van der Waals surface area contributed by atoms with Gasteiger partial charge in [-0.25, -0.2) is 4.79 Å². The van der Waals surface area contributed by atoms with Crippen LogP contribution in [0.25, 0.3) is 0 Å². The summed E-state index contributed by atoms with van der Waals surface area (Å²) in [4.78, 5) is 29.3. The number of benzene rings is 2. The summed E-state index contributed by atoms with van der Waals surface area (Å²) in [6.07, 6.45) is 0.874. The first-order valence-electron chi connectivity index (χ1n) is 9.77. The Bertz CT molecular complexity index is 1110. The molecule has 7 nitrogen and oxygen atoms in total. The fourth-order valence-corrected chi connectivity index (χ4v) is 3.36. The Balaban J connectivity index is 2.07. The molecule has 0 saturated carbocycles. The van der Waals surface area contributed by atoms with Crippen molar-refractivity contribution in [3.05, 3.63) is 92.6 Å². The first-order chi connectivity index (χ1) is 14.5. The summed E-state index contributed by atoms with van der Waals surface area (Å²) in [6.45, 7) is 3.26. The van der Waals surface area contributed by atoms with Crippen molar-refractivity contribution in [1.82, 2.24) is 14.9 Å². The number of thiocarbonyl (C=S) groups is 1. The Morgan fingerprint density at radius 3 is 2.27 bits per heavy atom. The molecule has 4 N–H and O–H groups in total. The maximum Gasteiger partial charge on any atom is 0.330 e. The molecule has 3 rings (SSSR count).